The van der Waals surface area contributed by atoms with Crippen molar-refractivity contribution in [2.24, 2.45) is 0 Å². The number of aromatic nitrogens is 2. The van der Waals surface area contributed by atoms with Crippen molar-refractivity contribution in [2.75, 3.05) is 7.11 Å². The van der Waals surface area contributed by atoms with Crippen LogP contribution in [0.2, 0.25) is 0 Å². The number of imidazole rings is 1. The van der Waals surface area contributed by atoms with Crippen molar-refractivity contribution in [1.29, 1.82) is 5.26 Å². The van der Waals surface area contributed by atoms with Gasteiger partial charge in [-0.15, -0.1) is 0 Å². The van der Waals surface area contributed by atoms with E-state index >= 15 is 0 Å². The summed E-state index contributed by atoms with van der Waals surface area (Å²) in [5.74, 6) is 0.432. The number of methoxy groups -OCH3 is 1. The summed E-state index contributed by atoms with van der Waals surface area (Å²) >= 11 is 0. The third-order valence-corrected chi connectivity index (χ3v) is 3.60. The lowest BCUT2D eigenvalue weighted by Gasteiger charge is -2.07. The summed E-state index contributed by atoms with van der Waals surface area (Å²) in [6.07, 6.45) is 1.51. The summed E-state index contributed by atoms with van der Waals surface area (Å²) in [7, 11) is 1.62. The number of benzene rings is 1. The van der Waals surface area contributed by atoms with Crippen molar-refractivity contribution >= 4 is 5.65 Å². The number of pyridine rings is 1. The average molecular weight is 295 g/mol. The summed E-state index contributed by atoms with van der Waals surface area (Å²) in [6, 6.07) is 10.8. The molecule has 0 bridgehead atoms. The Labute approximate surface area is 127 Å². The average Bonchev–Trinajstić information content (AvgIpc) is 2.86. The van der Waals surface area contributed by atoms with Crippen LogP contribution in [-0.4, -0.2) is 16.5 Å². The van der Waals surface area contributed by atoms with Crippen LogP contribution in [0.4, 0.5) is 4.39 Å². The van der Waals surface area contributed by atoms with Crippen LogP contribution in [0.3, 0.4) is 0 Å². The molecule has 0 aliphatic carbocycles. The van der Waals surface area contributed by atoms with Gasteiger partial charge in [0, 0.05) is 11.8 Å². The van der Waals surface area contributed by atoms with Crippen LogP contribution in [0.15, 0.2) is 36.5 Å². The fourth-order valence-corrected chi connectivity index (χ4v) is 2.57. The van der Waals surface area contributed by atoms with Crippen LogP contribution in [0.25, 0.3) is 16.9 Å². The van der Waals surface area contributed by atoms with Crippen LogP contribution >= 0.6 is 0 Å². The zero-order valence-electron chi connectivity index (χ0n) is 12.3. The number of halogens is 1. The maximum atomic E-state index is 13.5. The van der Waals surface area contributed by atoms with E-state index in [1.54, 1.807) is 17.6 Å². The molecule has 0 radical (unpaired) electrons. The predicted molar refractivity (Wildman–Crippen MR) is 81.2 cm³/mol. The van der Waals surface area contributed by atoms with Gasteiger partial charge < -0.3 is 4.74 Å². The molecule has 22 heavy (non-hydrogen) atoms. The highest BCUT2D eigenvalue weighted by atomic mass is 19.1. The normalized spacial score (nSPS) is 10.6. The molecule has 0 N–H and O–H groups in total. The number of fused-ring (bicyclic) bond motifs is 1. The monoisotopic (exact) mass is 295 g/mol. The van der Waals surface area contributed by atoms with Crippen molar-refractivity contribution in [1.82, 2.24) is 9.38 Å². The van der Waals surface area contributed by atoms with Crippen molar-refractivity contribution in [3.05, 3.63) is 53.6 Å². The third kappa shape index (κ3) is 2.29. The van der Waals surface area contributed by atoms with E-state index in [9.17, 15) is 4.39 Å². The largest absolute Gasteiger partial charge is 0.496 e. The van der Waals surface area contributed by atoms with E-state index in [1.165, 1.54) is 12.3 Å². The molecule has 0 amide bonds. The van der Waals surface area contributed by atoms with Crippen LogP contribution in [0.5, 0.6) is 5.75 Å². The van der Waals surface area contributed by atoms with Gasteiger partial charge in [0.25, 0.3) is 0 Å². The minimum Gasteiger partial charge on any atom is -0.496 e. The van der Waals surface area contributed by atoms with Crippen LogP contribution in [0, 0.1) is 24.1 Å². The molecule has 110 valence electrons. The Morgan fingerprint density at radius 2 is 2.14 bits per heavy atom. The maximum Gasteiger partial charge on any atom is 0.139 e. The zero-order valence-corrected chi connectivity index (χ0v) is 12.3. The second-order valence-electron chi connectivity index (χ2n) is 5.00. The predicted octanol–water partition coefficient (Wildman–Crippen LogP) is 3.52. The van der Waals surface area contributed by atoms with Crippen molar-refractivity contribution in [3.63, 3.8) is 0 Å². The van der Waals surface area contributed by atoms with Gasteiger partial charge in [-0.05, 0) is 42.8 Å². The molecular formula is C17H14FN3O. The molecule has 1 aromatic carbocycles. The van der Waals surface area contributed by atoms with Gasteiger partial charge in [-0.1, -0.05) is 0 Å². The molecule has 5 heteroatoms. The highest BCUT2D eigenvalue weighted by Crippen LogP contribution is 2.29. The number of nitriles is 1. The Kier molecular flexibility index (Phi) is 3.51. The third-order valence-electron chi connectivity index (χ3n) is 3.60. The van der Waals surface area contributed by atoms with Gasteiger partial charge >= 0.3 is 0 Å². The highest BCUT2D eigenvalue weighted by Gasteiger charge is 2.15. The van der Waals surface area contributed by atoms with E-state index in [0.717, 1.165) is 16.9 Å². The smallest absolute Gasteiger partial charge is 0.139 e. The molecule has 0 saturated carbocycles. The molecule has 0 unspecified atom stereocenters. The fraction of sp³-hybridized carbons (Fsp3) is 0.176. The van der Waals surface area contributed by atoms with Gasteiger partial charge in [0.2, 0.25) is 0 Å². The van der Waals surface area contributed by atoms with E-state index in [0.29, 0.717) is 17.0 Å². The highest BCUT2D eigenvalue weighted by molar-refractivity contribution is 5.68. The Bertz CT molecular complexity index is 893. The van der Waals surface area contributed by atoms with Gasteiger partial charge in [0.05, 0.1) is 31.0 Å². The lowest BCUT2D eigenvalue weighted by molar-refractivity contribution is 0.412. The molecule has 3 rings (SSSR count). The van der Waals surface area contributed by atoms with Crippen LogP contribution < -0.4 is 4.74 Å². The second-order valence-corrected chi connectivity index (χ2v) is 5.00. The fourth-order valence-electron chi connectivity index (χ4n) is 2.57. The molecule has 0 fully saturated rings. The minimum absolute atomic E-state index is 0.158. The topological polar surface area (TPSA) is 50.3 Å². The summed E-state index contributed by atoms with van der Waals surface area (Å²) < 4.78 is 20.4. The first-order valence-electron chi connectivity index (χ1n) is 6.82. The molecule has 0 spiro atoms. The number of rotatable bonds is 3. The summed E-state index contributed by atoms with van der Waals surface area (Å²) in [6.45, 7) is 1.95. The summed E-state index contributed by atoms with van der Waals surface area (Å²) in [4.78, 5) is 4.54. The number of aryl methyl sites for hydroxylation is 1. The van der Waals surface area contributed by atoms with Gasteiger partial charge in [0.1, 0.15) is 17.2 Å². The molecule has 2 heterocycles. The van der Waals surface area contributed by atoms with E-state index in [4.69, 9.17) is 10.00 Å². The number of hydrogen-bond donors (Lipinski definition) is 0. The molecule has 2 aromatic heterocycles. The number of ether oxygens (including phenoxy) is 1. The minimum atomic E-state index is -0.360. The maximum absolute atomic E-state index is 13.5. The lowest BCUT2D eigenvalue weighted by Crippen LogP contribution is -1.95. The first-order chi connectivity index (χ1) is 10.6. The second kappa shape index (κ2) is 5.49. The summed E-state index contributed by atoms with van der Waals surface area (Å²) in [5, 5.41) is 9.07. The summed E-state index contributed by atoms with van der Waals surface area (Å²) in [5.41, 5.74) is 3.85. The zero-order chi connectivity index (χ0) is 15.7. The molecule has 0 saturated heterocycles. The van der Waals surface area contributed by atoms with Crippen molar-refractivity contribution in [3.8, 4) is 23.1 Å². The van der Waals surface area contributed by atoms with Gasteiger partial charge in [0.15, 0.2) is 0 Å². The van der Waals surface area contributed by atoms with Gasteiger partial charge in [-0.3, -0.25) is 4.40 Å². The lowest BCUT2D eigenvalue weighted by atomic mass is 10.1. The van der Waals surface area contributed by atoms with Crippen molar-refractivity contribution in [2.45, 2.75) is 13.3 Å². The first-order valence-corrected chi connectivity index (χ1v) is 6.82. The molecule has 0 aliphatic heterocycles. The molecule has 3 aromatic rings. The van der Waals surface area contributed by atoms with E-state index in [1.807, 2.05) is 25.1 Å². The molecular weight excluding hydrogens is 281 g/mol. The number of nitrogens with zero attached hydrogens (tertiary/aromatic N) is 3. The first kappa shape index (κ1) is 14.1. The van der Waals surface area contributed by atoms with E-state index < -0.39 is 0 Å². The molecule has 4 nitrogen and oxygen atoms in total. The Balaban J connectivity index is 2.24. The quantitative estimate of drug-likeness (QED) is 0.743. The van der Waals surface area contributed by atoms with Crippen LogP contribution in [0.1, 0.15) is 11.3 Å². The standard InChI is InChI=1S/C17H14FN3O/c1-11-9-12(3-5-15(11)22-2)17-14(7-8-19)21-10-13(18)4-6-16(21)20-17/h3-6,9-10H,7H2,1-2H3. The molecule has 0 atom stereocenters. The Morgan fingerprint density at radius 1 is 1.32 bits per heavy atom. The van der Waals surface area contributed by atoms with Gasteiger partial charge in [-0.25, -0.2) is 9.37 Å². The Hall–Kier alpha value is -2.87. The van der Waals surface area contributed by atoms with E-state index in [-0.39, 0.29) is 12.2 Å². The van der Waals surface area contributed by atoms with Crippen molar-refractivity contribution < 1.29 is 9.13 Å². The SMILES string of the molecule is COc1ccc(-c2nc3ccc(F)cn3c2CC#N)cc1C. The Morgan fingerprint density at radius 3 is 2.82 bits per heavy atom. The van der Waals surface area contributed by atoms with E-state index in [2.05, 4.69) is 11.1 Å². The van der Waals surface area contributed by atoms with Crippen LogP contribution in [-0.2, 0) is 6.42 Å². The van der Waals surface area contributed by atoms with Gasteiger partial charge in [-0.2, -0.15) is 5.26 Å². The molecule has 0 aliphatic rings. The number of hydrogen-bond acceptors (Lipinski definition) is 3.